The lowest BCUT2D eigenvalue weighted by molar-refractivity contribution is -0.122. The predicted molar refractivity (Wildman–Crippen MR) is 49.6 cm³/mol. The molecule has 73 valence electrons. The Hall–Kier alpha value is -0.340. The summed E-state index contributed by atoms with van der Waals surface area (Å²) in [5.74, 6) is 1.42. The van der Waals surface area contributed by atoms with Crippen LogP contribution in [0.2, 0.25) is 0 Å². The van der Waals surface area contributed by atoms with Gasteiger partial charge in [0.25, 0.3) is 0 Å². The lowest BCUT2D eigenvalue weighted by Crippen LogP contribution is -2.35. The Kier molecular flexibility index (Phi) is 3.01. The van der Waals surface area contributed by atoms with Gasteiger partial charge in [-0.15, -0.1) is 0 Å². The predicted octanol–water partition coefficient (Wildman–Crippen LogP) is 2.53. The third-order valence-corrected chi connectivity index (χ3v) is 3.44. The van der Waals surface area contributed by atoms with Crippen molar-refractivity contribution in [2.45, 2.75) is 38.2 Å². The fraction of sp³-hybridized carbons (Fsp3) is 0.818. The Bertz CT molecular complexity index is 187. The zero-order valence-electron chi connectivity index (χ0n) is 7.95. The number of hydrogen-bond donors (Lipinski definition) is 0. The molecule has 13 heavy (non-hydrogen) atoms. The van der Waals surface area contributed by atoms with Gasteiger partial charge in [-0.05, 0) is 37.5 Å². The minimum absolute atomic E-state index is 0.251. The molecule has 2 aliphatic rings. The topological polar surface area (TPSA) is 29.1 Å². The molecule has 3 unspecified atom stereocenters. The lowest BCUT2D eigenvalue weighted by atomic mass is 9.72. The molecule has 0 heterocycles. The Balaban J connectivity index is 1.99. The van der Waals surface area contributed by atoms with Crippen LogP contribution in [0.4, 0.5) is 0 Å². The van der Waals surface area contributed by atoms with Crippen molar-refractivity contribution in [2.24, 2.45) is 11.8 Å². The number of allylic oxidation sites excluding steroid dienone is 2. The molecule has 0 saturated heterocycles. The van der Waals surface area contributed by atoms with Crippen LogP contribution in [0.15, 0.2) is 12.2 Å². The van der Waals surface area contributed by atoms with E-state index in [1.807, 2.05) is 0 Å². The minimum atomic E-state index is -0.363. The van der Waals surface area contributed by atoms with Gasteiger partial charge in [-0.25, -0.2) is 5.11 Å². The van der Waals surface area contributed by atoms with E-state index in [2.05, 4.69) is 12.2 Å². The average molecular weight is 181 g/mol. The molecule has 0 N–H and O–H groups in total. The van der Waals surface area contributed by atoms with Crippen LogP contribution in [0.5, 0.6) is 0 Å². The van der Waals surface area contributed by atoms with E-state index in [9.17, 15) is 5.11 Å². The highest BCUT2D eigenvalue weighted by molar-refractivity contribution is 4.98. The molecule has 2 rings (SSSR count). The summed E-state index contributed by atoms with van der Waals surface area (Å²) in [6.45, 7) is -0.363. The monoisotopic (exact) mass is 181 g/mol. The van der Waals surface area contributed by atoms with Gasteiger partial charge in [-0.2, -0.15) is 0 Å². The maximum Gasteiger partial charge on any atom is 0.181 e. The van der Waals surface area contributed by atoms with Gasteiger partial charge in [0, 0.05) is 0 Å². The molecule has 0 aliphatic heterocycles. The van der Waals surface area contributed by atoms with E-state index in [0.717, 1.165) is 18.8 Å². The van der Waals surface area contributed by atoms with Crippen molar-refractivity contribution in [3.63, 3.8) is 0 Å². The van der Waals surface area contributed by atoms with Gasteiger partial charge in [0.2, 0.25) is 0 Å². The third-order valence-electron chi connectivity index (χ3n) is 3.44. The van der Waals surface area contributed by atoms with Gasteiger partial charge in [-0.1, -0.05) is 18.6 Å². The van der Waals surface area contributed by atoms with Crippen molar-refractivity contribution < 1.29 is 9.84 Å². The van der Waals surface area contributed by atoms with E-state index < -0.39 is 0 Å². The highest BCUT2D eigenvalue weighted by Gasteiger charge is 2.33. The number of rotatable bonds is 2. The van der Waals surface area contributed by atoms with Crippen LogP contribution >= 0.6 is 0 Å². The SMILES string of the molecule is [O]COC1CCCC2CC=CCC21. The molecule has 0 bridgehead atoms. The van der Waals surface area contributed by atoms with E-state index in [-0.39, 0.29) is 12.9 Å². The molecular weight excluding hydrogens is 164 g/mol. The third kappa shape index (κ3) is 1.94. The quantitative estimate of drug-likeness (QED) is 0.475. The van der Waals surface area contributed by atoms with Crippen LogP contribution in [0.25, 0.3) is 0 Å². The van der Waals surface area contributed by atoms with Crippen LogP contribution in [0, 0.1) is 11.8 Å². The highest BCUT2D eigenvalue weighted by Crippen LogP contribution is 2.39. The van der Waals surface area contributed by atoms with Crippen LogP contribution in [-0.2, 0) is 9.84 Å². The van der Waals surface area contributed by atoms with Crippen molar-refractivity contribution in [3.05, 3.63) is 12.2 Å². The molecular formula is C11H17O2. The first kappa shape index (κ1) is 9.22. The van der Waals surface area contributed by atoms with Crippen LogP contribution in [0.1, 0.15) is 32.1 Å². The molecule has 1 fully saturated rings. The normalized spacial score (nSPS) is 38.7. The maximum atomic E-state index is 10.4. The van der Waals surface area contributed by atoms with Gasteiger partial charge in [-0.3, -0.25) is 0 Å². The zero-order chi connectivity index (χ0) is 9.10. The summed E-state index contributed by atoms with van der Waals surface area (Å²) in [6, 6.07) is 0. The smallest absolute Gasteiger partial charge is 0.181 e. The van der Waals surface area contributed by atoms with Gasteiger partial charge in [0.05, 0.1) is 6.10 Å². The van der Waals surface area contributed by atoms with Crippen molar-refractivity contribution >= 4 is 0 Å². The first-order valence-corrected chi connectivity index (χ1v) is 5.26. The Morgan fingerprint density at radius 3 is 2.92 bits per heavy atom. The van der Waals surface area contributed by atoms with Crippen LogP contribution in [0.3, 0.4) is 0 Å². The first-order valence-electron chi connectivity index (χ1n) is 5.26. The summed E-state index contributed by atoms with van der Waals surface area (Å²) in [4.78, 5) is 0. The van der Waals surface area contributed by atoms with Crippen molar-refractivity contribution in [3.8, 4) is 0 Å². The molecule has 0 aromatic rings. The molecule has 1 radical (unpaired) electrons. The second-order valence-corrected chi connectivity index (χ2v) is 4.12. The van der Waals surface area contributed by atoms with Crippen molar-refractivity contribution in [1.82, 2.24) is 0 Å². The molecule has 2 nitrogen and oxygen atoms in total. The number of ether oxygens (including phenoxy) is 1. The zero-order valence-corrected chi connectivity index (χ0v) is 7.95. The molecule has 0 amide bonds. The summed E-state index contributed by atoms with van der Waals surface area (Å²) >= 11 is 0. The fourth-order valence-corrected chi connectivity index (χ4v) is 2.77. The van der Waals surface area contributed by atoms with E-state index in [1.165, 1.54) is 19.3 Å². The van der Waals surface area contributed by atoms with Crippen molar-refractivity contribution in [1.29, 1.82) is 0 Å². The Morgan fingerprint density at radius 2 is 2.08 bits per heavy atom. The molecule has 1 saturated carbocycles. The number of fused-ring (bicyclic) bond motifs is 1. The van der Waals surface area contributed by atoms with E-state index in [1.54, 1.807) is 0 Å². The van der Waals surface area contributed by atoms with E-state index >= 15 is 0 Å². The highest BCUT2D eigenvalue weighted by atomic mass is 16.6. The van der Waals surface area contributed by atoms with E-state index in [4.69, 9.17) is 4.74 Å². The summed E-state index contributed by atoms with van der Waals surface area (Å²) in [5.41, 5.74) is 0. The van der Waals surface area contributed by atoms with Gasteiger partial charge in [0.15, 0.2) is 6.79 Å². The Labute approximate surface area is 79.6 Å². The van der Waals surface area contributed by atoms with Gasteiger partial charge >= 0.3 is 0 Å². The standard InChI is InChI=1S/C11H17O2/c12-8-13-11-7-3-5-9-4-1-2-6-10(9)11/h1-2,9-11H,3-8H2. The van der Waals surface area contributed by atoms with E-state index in [0.29, 0.717) is 5.92 Å². The largest absolute Gasteiger partial charge is 0.349 e. The van der Waals surface area contributed by atoms with Gasteiger partial charge < -0.3 is 4.74 Å². The molecule has 0 aromatic carbocycles. The summed E-state index contributed by atoms with van der Waals surface area (Å²) in [6.07, 6.45) is 10.7. The lowest BCUT2D eigenvalue weighted by Gasteiger charge is -2.38. The molecule has 0 spiro atoms. The van der Waals surface area contributed by atoms with Crippen molar-refractivity contribution in [2.75, 3.05) is 6.79 Å². The molecule has 0 aromatic heterocycles. The second-order valence-electron chi connectivity index (χ2n) is 4.12. The number of hydrogen-bond acceptors (Lipinski definition) is 1. The average Bonchev–Trinajstić information content (AvgIpc) is 2.19. The minimum Gasteiger partial charge on any atom is -0.349 e. The summed E-state index contributed by atoms with van der Waals surface area (Å²) < 4.78 is 5.26. The molecule has 2 heteroatoms. The second kappa shape index (κ2) is 4.25. The molecule has 3 atom stereocenters. The summed E-state index contributed by atoms with van der Waals surface area (Å²) in [7, 11) is 0. The van der Waals surface area contributed by atoms with Crippen LogP contribution < -0.4 is 0 Å². The summed E-state index contributed by atoms with van der Waals surface area (Å²) in [5, 5.41) is 10.4. The van der Waals surface area contributed by atoms with Gasteiger partial charge in [0.1, 0.15) is 0 Å². The maximum absolute atomic E-state index is 10.4. The Morgan fingerprint density at radius 1 is 1.23 bits per heavy atom. The fourth-order valence-electron chi connectivity index (χ4n) is 2.77. The molecule has 2 aliphatic carbocycles. The first-order chi connectivity index (χ1) is 6.42. The van der Waals surface area contributed by atoms with Crippen LogP contribution in [-0.4, -0.2) is 12.9 Å².